The summed E-state index contributed by atoms with van der Waals surface area (Å²) in [6.07, 6.45) is 0. The van der Waals surface area contributed by atoms with E-state index in [1.165, 1.54) is 5.56 Å². The summed E-state index contributed by atoms with van der Waals surface area (Å²) in [7, 11) is 0. The molecule has 0 aliphatic rings. The molecular formula is C11H12N2O2S. The van der Waals surface area contributed by atoms with E-state index >= 15 is 0 Å². The predicted octanol–water partition coefficient (Wildman–Crippen LogP) is 1.84. The number of hydrogen-bond donors (Lipinski definition) is 3. The molecule has 4 nitrogen and oxygen atoms in total. The van der Waals surface area contributed by atoms with Gasteiger partial charge >= 0.3 is 5.69 Å². The Morgan fingerprint density at radius 3 is 2.50 bits per heavy atom. The van der Waals surface area contributed by atoms with Crippen molar-refractivity contribution in [1.29, 1.82) is 0 Å². The molecule has 0 atom stereocenters. The number of aromatic amines is 2. The van der Waals surface area contributed by atoms with Crippen molar-refractivity contribution < 1.29 is 5.11 Å². The van der Waals surface area contributed by atoms with E-state index in [1.54, 1.807) is 11.8 Å². The summed E-state index contributed by atoms with van der Waals surface area (Å²) in [5.41, 5.74) is 1.41. The van der Waals surface area contributed by atoms with Crippen molar-refractivity contribution in [2.24, 2.45) is 0 Å². The molecule has 0 aliphatic heterocycles. The molecule has 0 amide bonds. The van der Waals surface area contributed by atoms with Crippen molar-refractivity contribution in [1.82, 2.24) is 9.97 Å². The molecule has 84 valence electrons. The Hall–Kier alpha value is -1.62. The smallest absolute Gasteiger partial charge is 0.325 e. The van der Waals surface area contributed by atoms with Crippen molar-refractivity contribution in [3.63, 3.8) is 0 Å². The second-order valence-electron chi connectivity index (χ2n) is 3.38. The molecule has 0 saturated carbocycles. The third-order valence-electron chi connectivity index (χ3n) is 2.14. The average molecular weight is 236 g/mol. The van der Waals surface area contributed by atoms with E-state index in [1.807, 2.05) is 30.3 Å². The Labute approximate surface area is 96.7 Å². The molecule has 0 radical (unpaired) electrons. The summed E-state index contributed by atoms with van der Waals surface area (Å²) in [5.74, 6) is 1.37. The van der Waals surface area contributed by atoms with Crippen LogP contribution in [0, 0.1) is 0 Å². The number of aromatic hydroxyl groups is 1. The lowest BCUT2D eigenvalue weighted by Crippen LogP contribution is -2.00. The first kappa shape index (κ1) is 10.9. The van der Waals surface area contributed by atoms with Gasteiger partial charge in [0.1, 0.15) is 0 Å². The van der Waals surface area contributed by atoms with Crippen LogP contribution >= 0.6 is 11.8 Å². The number of benzene rings is 1. The highest BCUT2D eigenvalue weighted by atomic mass is 32.2. The number of nitrogens with one attached hydrogen (secondary N) is 2. The van der Waals surface area contributed by atoms with Crippen LogP contribution < -0.4 is 5.69 Å². The van der Waals surface area contributed by atoms with Crippen LogP contribution in [-0.4, -0.2) is 15.1 Å². The van der Waals surface area contributed by atoms with E-state index < -0.39 is 0 Å². The van der Waals surface area contributed by atoms with Crippen LogP contribution in [0.5, 0.6) is 5.88 Å². The Morgan fingerprint density at radius 2 is 1.88 bits per heavy atom. The van der Waals surface area contributed by atoms with Crippen molar-refractivity contribution in [2.45, 2.75) is 11.5 Å². The standard InChI is InChI=1S/C11H12N2O2S/c14-10-9(12-11(15)13-10)7-16-6-8-4-2-1-3-5-8/h1-5,14H,6-7H2,(H2,12,13,15). The zero-order chi connectivity index (χ0) is 11.4. The fourth-order valence-electron chi connectivity index (χ4n) is 1.36. The van der Waals surface area contributed by atoms with Crippen molar-refractivity contribution in [3.05, 3.63) is 52.1 Å². The number of hydrogen-bond acceptors (Lipinski definition) is 3. The Morgan fingerprint density at radius 1 is 1.12 bits per heavy atom. The molecule has 5 heteroatoms. The SMILES string of the molecule is O=c1[nH]c(O)c(CSCc2ccccc2)[nH]1. The van der Waals surface area contributed by atoms with E-state index in [2.05, 4.69) is 9.97 Å². The molecule has 0 bridgehead atoms. The summed E-state index contributed by atoms with van der Waals surface area (Å²) >= 11 is 1.64. The lowest BCUT2D eigenvalue weighted by Gasteiger charge is -2.00. The highest BCUT2D eigenvalue weighted by Gasteiger charge is 2.04. The van der Waals surface area contributed by atoms with Gasteiger partial charge in [-0.2, -0.15) is 11.8 Å². The fourth-order valence-corrected chi connectivity index (χ4v) is 2.30. The number of imidazole rings is 1. The molecule has 1 aromatic heterocycles. The van der Waals surface area contributed by atoms with Crippen LogP contribution in [0.15, 0.2) is 35.1 Å². The molecule has 3 N–H and O–H groups in total. The summed E-state index contributed by atoms with van der Waals surface area (Å²) in [4.78, 5) is 15.7. The highest BCUT2D eigenvalue weighted by molar-refractivity contribution is 7.97. The van der Waals surface area contributed by atoms with Gasteiger partial charge in [0, 0.05) is 11.5 Å². The zero-order valence-electron chi connectivity index (χ0n) is 8.56. The molecule has 16 heavy (non-hydrogen) atoms. The number of aromatic nitrogens is 2. The summed E-state index contributed by atoms with van der Waals surface area (Å²) in [5, 5.41) is 9.33. The highest BCUT2D eigenvalue weighted by Crippen LogP contribution is 2.19. The van der Waals surface area contributed by atoms with E-state index in [4.69, 9.17) is 0 Å². The topological polar surface area (TPSA) is 68.9 Å². The molecule has 0 fully saturated rings. The van der Waals surface area contributed by atoms with Gasteiger partial charge in [-0.05, 0) is 5.56 Å². The van der Waals surface area contributed by atoms with Crippen LogP contribution in [0.3, 0.4) is 0 Å². The first-order valence-corrected chi connectivity index (χ1v) is 6.03. The third kappa shape index (κ3) is 2.70. The largest absolute Gasteiger partial charge is 0.493 e. The van der Waals surface area contributed by atoms with Crippen LogP contribution in [0.4, 0.5) is 0 Å². The van der Waals surface area contributed by atoms with Crippen LogP contribution in [-0.2, 0) is 11.5 Å². The Bertz CT molecular complexity index is 504. The average Bonchev–Trinajstić information content (AvgIpc) is 2.59. The predicted molar refractivity (Wildman–Crippen MR) is 64.5 cm³/mol. The van der Waals surface area contributed by atoms with Crippen molar-refractivity contribution in [2.75, 3.05) is 0 Å². The Kier molecular flexibility index (Phi) is 3.36. The van der Waals surface area contributed by atoms with Gasteiger partial charge in [0.15, 0.2) is 0 Å². The minimum Gasteiger partial charge on any atom is -0.493 e. The summed E-state index contributed by atoms with van der Waals surface area (Å²) < 4.78 is 0. The van der Waals surface area contributed by atoms with Crippen molar-refractivity contribution in [3.8, 4) is 5.88 Å². The maximum Gasteiger partial charge on any atom is 0.325 e. The molecule has 1 heterocycles. The van der Waals surface area contributed by atoms with Gasteiger partial charge in [0.25, 0.3) is 0 Å². The minimum absolute atomic E-state index is 0.0643. The van der Waals surface area contributed by atoms with E-state index in [-0.39, 0.29) is 11.6 Å². The van der Waals surface area contributed by atoms with E-state index in [0.29, 0.717) is 11.4 Å². The van der Waals surface area contributed by atoms with Gasteiger partial charge in [-0.3, -0.25) is 4.98 Å². The molecule has 0 saturated heterocycles. The lowest BCUT2D eigenvalue weighted by molar-refractivity contribution is 0.451. The summed E-state index contributed by atoms with van der Waals surface area (Å²) in [6.45, 7) is 0. The van der Waals surface area contributed by atoms with Crippen molar-refractivity contribution >= 4 is 11.8 Å². The molecule has 1 aromatic carbocycles. The van der Waals surface area contributed by atoms with Crippen LogP contribution in [0.2, 0.25) is 0 Å². The normalized spacial score (nSPS) is 10.5. The molecule has 2 rings (SSSR count). The molecule has 0 spiro atoms. The third-order valence-corrected chi connectivity index (χ3v) is 3.17. The number of thioether (sulfide) groups is 1. The van der Waals surface area contributed by atoms with Gasteiger partial charge < -0.3 is 10.1 Å². The quantitative estimate of drug-likeness (QED) is 0.758. The summed E-state index contributed by atoms with van der Waals surface area (Å²) in [6, 6.07) is 10.1. The second kappa shape index (κ2) is 4.94. The van der Waals surface area contributed by atoms with Gasteiger partial charge in [0.05, 0.1) is 5.69 Å². The van der Waals surface area contributed by atoms with Gasteiger partial charge in [-0.25, -0.2) is 4.79 Å². The maximum atomic E-state index is 10.9. The maximum absolute atomic E-state index is 10.9. The van der Waals surface area contributed by atoms with E-state index in [0.717, 1.165) is 5.75 Å². The van der Waals surface area contributed by atoms with Gasteiger partial charge in [-0.15, -0.1) is 0 Å². The molecule has 2 aromatic rings. The van der Waals surface area contributed by atoms with E-state index in [9.17, 15) is 9.90 Å². The lowest BCUT2D eigenvalue weighted by atomic mass is 10.2. The number of H-pyrrole nitrogens is 2. The first-order valence-electron chi connectivity index (χ1n) is 4.87. The van der Waals surface area contributed by atoms with Crippen LogP contribution in [0.1, 0.15) is 11.3 Å². The molecular weight excluding hydrogens is 224 g/mol. The minimum atomic E-state index is -0.368. The first-order chi connectivity index (χ1) is 7.75. The number of rotatable bonds is 4. The second-order valence-corrected chi connectivity index (χ2v) is 4.37. The monoisotopic (exact) mass is 236 g/mol. The zero-order valence-corrected chi connectivity index (χ0v) is 9.38. The fraction of sp³-hybridized carbons (Fsp3) is 0.182. The Balaban J connectivity index is 1.89. The molecule has 0 unspecified atom stereocenters. The molecule has 0 aliphatic carbocycles. The van der Waals surface area contributed by atoms with Gasteiger partial charge in [-0.1, -0.05) is 30.3 Å². The van der Waals surface area contributed by atoms with Crippen LogP contribution in [0.25, 0.3) is 0 Å². The van der Waals surface area contributed by atoms with Gasteiger partial charge in [0.2, 0.25) is 5.88 Å².